The number of unbranched alkanes of at least 4 members (excludes halogenated alkanes) is 1. The number of rotatable bonds is 7. The summed E-state index contributed by atoms with van der Waals surface area (Å²) in [7, 11) is 1.62. The number of nitrogens with zero attached hydrogens (tertiary/aromatic N) is 2. The molecule has 2 aromatic carbocycles. The number of carbonyl (C=O) groups excluding carboxylic acids is 3. The minimum atomic E-state index is -0.900. The monoisotopic (exact) mass is 723 g/mol. The standard InChI is InChI=1S/C36H43Cl2N7O3S/c1-21(2)31-34(47)44-29(12-6-7-13-39)36(48)45(3)30(16-23-19-41-28-11-5-4-10-26(23)28)33(46)43-20-24-15-25(37)17-27(38)32(24)49-35-22(18-42-31)9-8-14-40-35/h4-5,8-11,14-15,17,19,21,29-31,41-42H,6-7,12-13,16,18,20,39H2,1-3H3,(H,43,46)(H,44,47)/t29-,30-,31?/m0/s1. The number of nitrogens with two attached hydrogens (primary N) is 1. The fourth-order valence-corrected chi connectivity index (χ4v) is 7.73. The molecule has 3 heterocycles. The Morgan fingerprint density at radius 1 is 1.02 bits per heavy atom. The first-order valence-electron chi connectivity index (χ1n) is 16.5. The van der Waals surface area contributed by atoms with Crippen molar-refractivity contribution in [3.05, 3.63) is 87.7 Å². The Morgan fingerprint density at radius 2 is 1.82 bits per heavy atom. The summed E-state index contributed by atoms with van der Waals surface area (Å²) < 4.78 is 0. The molecule has 2 aromatic heterocycles. The molecule has 5 rings (SSSR count). The predicted octanol–water partition coefficient (Wildman–Crippen LogP) is 5.45. The third-order valence-corrected chi connectivity index (χ3v) is 10.7. The van der Waals surface area contributed by atoms with Crippen LogP contribution in [0.15, 0.2) is 70.8 Å². The van der Waals surface area contributed by atoms with Crippen molar-refractivity contribution in [2.45, 2.75) is 80.7 Å². The predicted molar refractivity (Wildman–Crippen MR) is 196 cm³/mol. The van der Waals surface area contributed by atoms with E-state index in [2.05, 4.69) is 25.9 Å². The van der Waals surface area contributed by atoms with E-state index in [-0.39, 0.29) is 36.6 Å². The number of para-hydroxylation sites is 1. The van der Waals surface area contributed by atoms with Crippen molar-refractivity contribution >= 4 is 63.6 Å². The van der Waals surface area contributed by atoms with Crippen LogP contribution >= 0.6 is 35.0 Å². The van der Waals surface area contributed by atoms with Gasteiger partial charge in [-0.3, -0.25) is 14.4 Å². The number of benzene rings is 2. The maximum atomic E-state index is 14.3. The fourth-order valence-electron chi connectivity index (χ4n) is 6.08. The van der Waals surface area contributed by atoms with Crippen LogP contribution in [0.1, 0.15) is 49.8 Å². The van der Waals surface area contributed by atoms with Gasteiger partial charge in [-0.25, -0.2) is 4.98 Å². The first-order chi connectivity index (χ1) is 23.6. The fraction of sp³-hybridized carbons (Fsp3) is 0.389. The number of aromatic amines is 1. The number of amides is 3. The Kier molecular flexibility index (Phi) is 12.6. The Bertz CT molecular complexity index is 1800. The molecule has 0 bridgehead atoms. The highest BCUT2D eigenvalue weighted by molar-refractivity contribution is 7.99. The number of pyridine rings is 1. The number of hydrogen-bond acceptors (Lipinski definition) is 7. The smallest absolute Gasteiger partial charge is 0.245 e. The van der Waals surface area contributed by atoms with Gasteiger partial charge in [0.05, 0.1) is 11.1 Å². The van der Waals surface area contributed by atoms with E-state index in [0.29, 0.717) is 57.9 Å². The molecule has 13 heteroatoms. The molecule has 49 heavy (non-hydrogen) atoms. The van der Waals surface area contributed by atoms with Gasteiger partial charge in [0.25, 0.3) is 0 Å². The van der Waals surface area contributed by atoms with Gasteiger partial charge in [0.1, 0.15) is 17.1 Å². The third-order valence-electron chi connectivity index (χ3n) is 8.82. The number of fused-ring (bicyclic) bond motifs is 3. The lowest BCUT2D eigenvalue weighted by atomic mass is 9.99. The SMILES string of the molecule is CC(C)C1NCc2cccnc2Sc2c(Cl)cc(Cl)cc2CNC(=O)[C@H](Cc2c[nH]c3ccccc23)N(C)C(=O)[C@H](CCCCN)NC1=O. The van der Waals surface area contributed by atoms with Gasteiger partial charge in [-0.2, -0.15) is 0 Å². The van der Waals surface area contributed by atoms with E-state index < -0.39 is 18.1 Å². The molecular weight excluding hydrogens is 681 g/mol. The van der Waals surface area contributed by atoms with Gasteiger partial charge in [-0.05, 0) is 72.7 Å². The van der Waals surface area contributed by atoms with Crippen molar-refractivity contribution in [3.63, 3.8) is 0 Å². The van der Waals surface area contributed by atoms with Gasteiger partial charge in [0.15, 0.2) is 0 Å². The summed E-state index contributed by atoms with van der Waals surface area (Å²) in [4.78, 5) is 52.5. The molecule has 10 nitrogen and oxygen atoms in total. The summed E-state index contributed by atoms with van der Waals surface area (Å²) in [5, 5.41) is 12.0. The summed E-state index contributed by atoms with van der Waals surface area (Å²) in [6, 6.07) is 12.7. The molecule has 1 aliphatic rings. The zero-order chi connectivity index (χ0) is 35.1. The summed E-state index contributed by atoms with van der Waals surface area (Å²) in [6.45, 7) is 4.84. The van der Waals surface area contributed by atoms with Gasteiger partial charge in [-0.15, -0.1) is 0 Å². The van der Waals surface area contributed by atoms with Gasteiger partial charge >= 0.3 is 0 Å². The van der Waals surface area contributed by atoms with Crippen molar-refractivity contribution in [3.8, 4) is 0 Å². The molecule has 4 aromatic rings. The molecule has 0 fully saturated rings. The Labute approximate surface area is 301 Å². The van der Waals surface area contributed by atoms with E-state index >= 15 is 0 Å². The van der Waals surface area contributed by atoms with Crippen LogP contribution in [-0.2, 0) is 33.9 Å². The molecule has 1 unspecified atom stereocenters. The number of aromatic nitrogens is 2. The number of carbonyl (C=O) groups is 3. The molecule has 0 aliphatic carbocycles. The van der Waals surface area contributed by atoms with Crippen LogP contribution in [0, 0.1) is 5.92 Å². The second kappa shape index (κ2) is 16.9. The highest BCUT2D eigenvalue weighted by Gasteiger charge is 2.34. The van der Waals surface area contributed by atoms with E-state index in [1.165, 1.54) is 16.7 Å². The van der Waals surface area contributed by atoms with E-state index in [9.17, 15) is 14.4 Å². The molecule has 3 amide bonds. The summed E-state index contributed by atoms with van der Waals surface area (Å²) >= 11 is 14.6. The van der Waals surface area contributed by atoms with Gasteiger partial charge < -0.3 is 31.6 Å². The third kappa shape index (κ3) is 8.95. The van der Waals surface area contributed by atoms with Gasteiger partial charge in [0.2, 0.25) is 17.7 Å². The Morgan fingerprint density at radius 3 is 2.59 bits per heavy atom. The second-order valence-corrected chi connectivity index (χ2v) is 14.5. The number of hydrogen-bond donors (Lipinski definition) is 5. The van der Waals surface area contributed by atoms with Crippen LogP contribution in [0.2, 0.25) is 10.0 Å². The molecule has 0 saturated heterocycles. The lowest BCUT2D eigenvalue weighted by molar-refractivity contribution is -0.142. The van der Waals surface area contributed by atoms with Crippen LogP contribution in [0.3, 0.4) is 0 Å². The largest absolute Gasteiger partial charge is 0.361 e. The minimum absolute atomic E-state index is 0.0925. The van der Waals surface area contributed by atoms with Crippen molar-refractivity contribution in [2.75, 3.05) is 13.6 Å². The minimum Gasteiger partial charge on any atom is -0.361 e. The Balaban J connectivity index is 1.58. The van der Waals surface area contributed by atoms with Crippen LogP contribution < -0.4 is 21.7 Å². The quantitative estimate of drug-likeness (QED) is 0.160. The van der Waals surface area contributed by atoms with Gasteiger partial charge in [0, 0.05) is 59.8 Å². The van der Waals surface area contributed by atoms with E-state index in [4.69, 9.17) is 28.9 Å². The molecule has 3 atom stereocenters. The van der Waals surface area contributed by atoms with Crippen LogP contribution in [0.4, 0.5) is 0 Å². The second-order valence-electron chi connectivity index (χ2n) is 12.6. The summed E-state index contributed by atoms with van der Waals surface area (Å²) in [5.41, 5.74) is 9.18. The van der Waals surface area contributed by atoms with Crippen molar-refractivity contribution < 1.29 is 14.4 Å². The maximum Gasteiger partial charge on any atom is 0.245 e. The molecule has 0 spiro atoms. The average Bonchev–Trinajstić information content (AvgIpc) is 3.49. The van der Waals surface area contributed by atoms with Crippen LogP contribution in [0.25, 0.3) is 10.9 Å². The van der Waals surface area contributed by atoms with Crippen LogP contribution in [-0.4, -0.2) is 64.3 Å². The average molecular weight is 725 g/mol. The molecule has 260 valence electrons. The van der Waals surface area contributed by atoms with E-state index in [1.54, 1.807) is 25.4 Å². The topological polar surface area (TPSA) is 145 Å². The zero-order valence-corrected chi connectivity index (χ0v) is 30.2. The highest BCUT2D eigenvalue weighted by atomic mass is 35.5. The Hall–Kier alpha value is -3.61. The first kappa shape index (κ1) is 36.7. The van der Waals surface area contributed by atoms with E-state index in [1.807, 2.05) is 56.4 Å². The van der Waals surface area contributed by atoms with Crippen molar-refractivity contribution in [1.29, 1.82) is 0 Å². The normalized spacial score (nSPS) is 19.7. The van der Waals surface area contributed by atoms with Crippen molar-refractivity contribution in [2.24, 2.45) is 11.7 Å². The van der Waals surface area contributed by atoms with E-state index in [0.717, 1.165) is 22.0 Å². The molecule has 0 radical (unpaired) electrons. The number of likely N-dealkylation sites (N-methyl/N-ethyl adjacent to an activating group) is 1. The summed E-state index contributed by atoms with van der Waals surface area (Å²) in [6.07, 6.45) is 5.53. The summed E-state index contributed by atoms with van der Waals surface area (Å²) in [5.74, 6) is -1.10. The lowest BCUT2D eigenvalue weighted by Crippen LogP contribution is -2.57. The zero-order valence-electron chi connectivity index (χ0n) is 27.9. The molecule has 1 aliphatic heterocycles. The molecule has 0 saturated carbocycles. The van der Waals surface area contributed by atoms with Gasteiger partial charge in [-0.1, -0.05) is 73.1 Å². The highest BCUT2D eigenvalue weighted by Crippen LogP contribution is 2.38. The first-order valence-corrected chi connectivity index (χ1v) is 18.1. The number of nitrogens with one attached hydrogen (secondary N) is 4. The van der Waals surface area contributed by atoms with Crippen LogP contribution in [0.5, 0.6) is 0 Å². The maximum absolute atomic E-state index is 14.3. The number of H-pyrrole nitrogens is 1. The lowest BCUT2D eigenvalue weighted by Gasteiger charge is -2.32. The number of halogens is 2. The molecular formula is C36H43Cl2N7O3S. The molecule has 6 N–H and O–H groups in total. The van der Waals surface area contributed by atoms with Crippen molar-refractivity contribution in [1.82, 2.24) is 30.8 Å².